The Morgan fingerprint density at radius 3 is 2.55 bits per heavy atom. The van der Waals surface area contributed by atoms with E-state index >= 15 is 0 Å². The monoisotopic (exact) mass is 317 g/mol. The Balaban J connectivity index is 1.70. The molecule has 2 aliphatic rings. The Bertz CT molecular complexity index is 611. The number of halogens is 4. The van der Waals surface area contributed by atoms with Gasteiger partial charge in [0.25, 0.3) is 0 Å². The average Bonchev–Trinajstić information content (AvgIpc) is 2.68. The van der Waals surface area contributed by atoms with Gasteiger partial charge in [-0.25, -0.2) is 9.18 Å². The fourth-order valence-corrected chi connectivity index (χ4v) is 3.03. The molecule has 0 saturated carbocycles. The van der Waals surface area contributed by atoms with Gasteiger partial charge in [0, 0.05) is 38.8 Å². The van der Waals surface area contributed by atoms with E-state index in [-0.39, 0.29) is 23.7 Å². The molecule has 120 valence electrons. The van der Waals surface area contributed by atoms with Crippen LogP contribution in [0.15, 0.2) is 18.2 Å². The molecule has 1 aromatic carbocycles. The van der Waals surface area contributed by atoms with Crippen molar-refractivity contribution in [3.8, 4) is 0 Å². The van der Waals surface area contributed by atoms with Crippen molar-refractivity contribution in [2.24, 2.45) is 0 Å². The molecule has 1 aromatic rings. The maximum Gasteiger partial charge on any atom is 0.416 e. The van der Waals surface area contributed by atoms with Crippen LogP contribution in [0.5, 0.6) is 0 Å². The summed E-state index contributed by atoms with van der Waals surface area (Å²) in [6, 6.07) is 2.27. The molecule has 2 heterocycles. The fraction of sp³-hybridized carbons (Fsp3) is 0.500. The zero-order valence-corrected chi connectivity index (χ0v) is 11.9. The minimum atomic E-state index is -4.49. The van der Waals surface area contributed by atoms with Crippen molar-refractivity contribution < 1.29 is 22.4 Å². The number of likely N-dealkylation sites (N-methyl/N-ethyl adjacent to an activating group) is 1. The van der Waals surface area contributed by atoms with Gasteiger partial charge >= 0.3 is 12.2 Å². The lowest BCUT2D eigenvalue weighted by atomic mass is 9.89. The van der Waals surface area contributed by atoms with Crippen molar-refractivity contribution in [2.45, 2.75) is 18.3 Å². The summed E-state index contributed by atoms with van der Waals surface area (Å²) in [5.41, 5.74) is -1.16. The van der Waals surface area contributed by atoms with Crippen LogP contribution < -0.4 is 5.32 Å². The van der Waals surface area contributed by atoms with Crippen LogP contribution in [0.1, 0.15) is 11.1 Å². The molecule has 4 nitrogen and oxygen atoms in total. The number of hydrogen-bond acceptors (Lipinski definition) is 2. The number of hydrogen-bond donors (Lipinski definition) is 1. The van der Waals surface area contributed by atoms with E-state index in [1.165, 1.54) is 0 Å². The fourth-order valence-electron chi connectivity index (χ4n) is 3.03. The van der Waals surface area contributed by atoms with E-state index in [1.807, 2.05) is 4.90 Å². The lowest BCUT2D eigenvalue weighted by Crippen LogP contribution is -2.68. The quantitative estimate of drug-likeness (QED) is 0.848. The summed E-state index contributed by atoms with van der Waals surface area (Å²) in [4.78, 5) is 14.9. The maximum absolute atomic E-state index is 13.7. The summed E-state index contributed by atoms with van der Waals surface area (Å²) < 4.78 is 51.8. The van der Waals surface area contributed by atoms with E-state index in [0.29, 0.717) is 19.6 Å². The number of urea groups is 1. The number of carbonyl (C=O) groups is 1. The first-order valence-corrected chi connectivity index (χ1v) is 6.81. The largest absolute Gasteiger partial charge is 0.416 e. The number of benzene rings is 1. The first-order valence-electron chi connectivity index (χ1n) is 6.81. The number of alkyl halides is 3. The van der Waals surface area contributed by atoms with Crippen molar-refractivity contribution in [1.29, 1.82) is 0 Å². The number of amides is 2. The van der Waals surface area contributed by atoms with Gasteiger partial charge in [0.15, 0.2) is 0 Å². The minimum Gasteiger partial charge on any atom is -0.336 e. The lowest BCUT2D eigenvalue weighted by molar-refractivity contribution is -0.137. The van der Waals surface area contributed by atoms with Crippen LogP contribution in [0, 0.1) is 5.82 Å². The van der Waals surface area contributed by atoms with E-state index in [2.05, 4.69) is 5.32 Å². The molecule has 1 spiro atoms. The van der Waals surface area contributed by atoms with Gasteiger partial charge in [-0.1, -0.05) is 0 Å². The predicted octanol–water partition coefficient (Wildman–Crippen LogP) is 2.05. The second-order valence-electron chi connectivity index (χ2n) is 5.89. The molecule has 0 atom stereocenters. The highest BCUT2D eigenvalue weighted by molar-refractivity contribution is 5.78. The zero-order valence-electron chi connectivity index (χ0n) is 11.9. The summed E-state index contributed by atoms with van der Waals surface area (Å²) in [5.74, 6) is -0.650. The zero-order chi connectivity index (χ0) is 16.1. The topological polar surface area (TPSA) is 35.6 Å². The number of nitrogens with zero attached hydrogens (tertiary/aromatic N) is 2. The van der Waals surface area contributed by atoms with Crippen LogP contribution in [0.2, 0.25) is 0 Å². The SMILES string of the molecule is CN1C(=O)NCC12CN(Cc1cc(C(F)(F)F)ccc1F)C2. The van der Waals surface area contributed by atoms with Crippen LogP contribution in [-0.2, 0) is 12.7 Å². The van der Waals surface area contributed by atoms with Crippen molar-refractivity contribution in [3.63, 3.8) is 0 Å². The smallest absolute Gasteiger partial charge is 0.336 e. The molecule has 2 saturated heterocycles. The van der Waals surface area contributed by atoms with Crippen LogP contribution in [0.3, 0.4) is 0 Å². The first-order chi connectivity index (χ1) is 10.2. The van der Waals surface area contributed by atoms with Crippen molar-refractivity contribution >= 4 is 6.03 Å². The van der Waals surface area contributed by atoms with E-state index in [4.69, 9.17) is 0 Å². The van der Waals surface area contributed by atoms with E-state index in [9.17, 15) is 22.4 Å². The Labute approximate surface area is 124 Å². The van der Waals surface area contributed by atoms with Crippen molar-refractivity contribution in [3.05, 3.63) is 35.1 Å². The van der Waals surface area contributed by atoms with Crippen LogP contribution in [-0.4, -0.2) is 48.1 Å². The number of carbonyl (C=O) groups excluding carboxylic acids is 1. The molecule has 22 heavy (non-hydrogen) atoms. The molecule has 1 N–H and O–H groups in total. The Hall–Kier alpha value is -1.83. The number of nitrogens with one attached hydrogen (secondary N) is 1. The van der Waals surface area contributed by atoms with Crippen molar-refractivity contribution in [2.75, 3.05) is 26.7 Å². The lowest BCUT2D eigenvalue weighted by Gasteiger charge is -2.50. The van der Waals surface area contributed by atoms with Crippen LogP contribution >= 0.6 is 0 Å². The molecule has 0 aliphatic carbocycles. The van der Waals surface area contributed by atoms with Gasteiger partial charge in [0.1, 0.15) is 5.82 Å². The highest BCUT2D eigenvalue weighted by atomic mass is 19.4. The molecule has 0 unspecified atom stereocenters. The van der Waals surface area contributed by atoms with E-state index in [0.717, 1.165) is 18.2 Å². The van der Waals surface area contributed by atoms with Gasteiger partial charge < -0.3 is 10.2 Å². The third-order valence-corrected chi connectivity index (χ3v) is 4.39. The molecule has 8 heteroatoms. The third kappa shape index (κ3) is 2.41. The molecule has 2 amide bonds. The predicted molar refractivity (Wildman–Crippen MR) is 70.6 cm³/mol. The second kappa shape index (κ2) is 4.84. The molecule has 0 aromatic heterocycles. The molecule has 3 rings (SSSR count). The summed E-state index contributed by atoms with van der Waals surface area (Å²) in [6.07, 6.45) is -4.49. The van der Waals surface area contributed by atoms with Gasteiger partial charge in [0.2, 0.25) is 0 Å². The highest BCUT2D eigenvalue weighted by Crippen LogP contribution is 2.33. The van der Waals surface area contributed by atoms with E-state index in [1.54, 1.807) is 11.9 Å². The Morgan fingerprint density at radius 2 is 2.00 bits per heavy atom. The van der Waals surface area contributed by atoms with Crippen LogP contribution in [0.4, 0.5) is 22.4 Å². The summed E-state index contributed by atoms with van der Waals surface area (Å²) >= 11 is 0. The molecule has 2 aliphatic heterocycles. The number of likely N-dealkylation sites (tertiary alicyclic amines) is 1. The first kappa shape index (κ1) is 15.1. The van der Waals surface area contributed by atoms with Crippen LogP contribution in [0.25, 0.3) is 0 Å². The van der Waals surface area contributed by atoms with Crippen molar-refractivity contribution in [1.82, 2.24) is 15.1 Å². The molecule has 0 radical (unpaired) electrons. The van der Waals surface area contributed by atoms with Gasteiger partial charge in [-0.05, 0) is 18.2 Å². The molecule has 2 fully saturated rings. The van der Waals surface area contributed by atoms with Gasteiger partial charge in [-0.2, -0.15) is 13.2 Å². The third-order valence-electron chi connectivity index (χ3n) is 4.39. The van der Waals surface area contributed by atoms with Gasteiger partial charge in [-0.15, -0.1) is 0 Å². The standard InChI is InChI=1S/C14H15F4N3O/c1-20-12(22)19-6-13(20)7-21(8-13)5-9-4-10(14(16,17)18)2-3-11(9)15/h2-4H,5-8H2,1H3,(H,19,22). The molecular weight excluding hydrogens is 302 g/mol. The minimum absolute atomic E-state index is 0.0182. The normalized spacial score (nSPS) is 21.1. The Morgan fingerprint density at radius 1 is 1.32 bits per heavy atom. The Kier molecular flexibility index (Phi) is 3.32. The molecular formula is C14H15F4N3O. The summed E-state index contributed by atoms with van der Waals surface area (Å²) in [7, 11) is 1.69. The maximum atomic E-state index is 13.7. The van der Waals surface area contributed by atoms with Gasteiger partial charge in [0.05, 0.1) is 11.1 Å². The molecule has 0 bridgehead atoms. The van der Waals surface area contributed by atoms with E-state index < -0.39 is 17.6 Å². The summed E-state index contributed by atoms with van der Waals surface area (Å²) in [5, 5.41) is 2.72. The number of rotatable bonds is 2. The second-order valence-corrected chi connectivity index (χ2v) is 5.89. The highest BCUT2D eigenvalue weighted by Gasteiger charge is 2.51. The summed E-state index contributed by atoms with van der Waals surface area (Å²) in [6.45, 7) is 1.62. The average molecular weight is 317 g/mol. The van der Waals surface area contributed by atoms with Gasteiger partial charge in [-0.3, -0.25) is 4.90 Å².